The summed E-state index contributed by atoms with van der Waals surface area (Å²) in [6.45, 7) is 6.27. The number of hydrogen-bond acceptors (Lipinski definition) is 3. The summed E-state index contributed by atoms with van der Waals surface area (Å²) >= 11 is 0. The highest BCUT2D eigenvalue weighted by molar-refractivity contribution is 5.35. The van der Waals surface area contributed by atoms with Crippen LogP contribution in [0.2, 0.25) is 0 Å². The number of ether oxygens (including phenoxy) is 2. The molecule has 120 valence electrons. The third kappa shape index (κ3) is 4.69. The van der Waals surface area contributed by atoms with Crippen LogP contribution >= 0.6 is 0 Å². The minimum absolute atomic E-state index is 0.327. The zero-order chi connectivity index (χ0) is 16.0. The fraction of sp³-hybridized carbons (Fsp3) is 0.600. The van der Waals surface area contributed by atoms with E-state index >= 15 is 0 Å². The van der Waals surface area contributed by atoms with Crippen molar-refractivity contribution in [3.63, 3.8) is 0 Å². The molecule has 0 radical (unpaired) electrons. The Morgan fingerprint density at radius 2 is 1.71 bits per heavy atom. The van der Waals surface area contributed by atoms with E-state index in [0.717, 1.165) is 17.7 Å². The molecule has 1 rings (SSSR count). The zero-order valence-electron chi connectivity index (χ0n) is 12.8. The van der Waals surface area contributed by atoms with Gasteiger partial charge in [0.25, 0.3) is 0 Å². The summed E-state index contributed by atoms with van der Waals surface area (Å²) in [7, 11) is 1.73. The number of hydrogen-bond donors (Lipinski definition) is 1. The molecule has 0 heterocycles. The molecule has 0 saturated heterocycles. The average molecular weight is 305 g/mol. The van der Waals surface area contributed by atoms with Crippen molar-refractivity contribution in [2.24, 2.45) is 0 Å². The molecule has 1 aromatic rings. The van der Waals surface area contributed by atoms with Crippen LogP contribution in [0.5, 0.6) is 0 Å². The summed E-state index contributed by atoms with van der Waals surface area (Å²) in [4.78, 5) is 0. The third-order valence-corrected chi connectivity index (χ3v) is 3.18. The van der Waals surface area contributed by atoms with Crippen molar-refractivity contribution in [3.05, 3.63) is 34.9 Å². The molecular formula is C15H22F3NO2. The molecule has 1 aromatic carbocycles. The van der Waals surface area contributed by atoms with Crippen molar-refractivity contribution < 1.29 is 22.6 Å². The molecule has 1 N–H and O–H groups in total. The summed E-state index contributed by atoms with van der Waals surface area (Å²) < 4.78 is 49.2. The van der Waals surface area contributed by atoms with Crippen molar-refractivity contribution in [3.8, 4) is 0 Å². The number of alkyl halides is 3. The lowest BCUT2D eigenvalue weighted by Crippen LogP contribution is -2.34. The first-order chi connectivity index (χ1) is 9.85. The summed E-state index contributed by atoms with van der Waals surface area (Å²) in [6.07, 6.45) is -4.88. The van der Waals surface area contributed by atoms with Crippen LogP contribution in [-0.2, 0) is 15.7 Å². The van der Waals surface area contributed by atoms with Crippen LogP contribution in [0.3, 0.4) is 0 Å². The van der Waals surface area contributed by atoms with E-state index in [1.54, 1.807) is 14.0 Å². The van der Waals surface area contributed by atoms with Crippen molar-refractivity contribution in [1.29, 1.82) is 0 Å². The molecule has 0 bridgehead atoms. The minimum atomic E-state index is -4.34. The summed E-state index contributed by atoms with van der Waals surface area (Å²) in [5.41, 5.74) is 0.633. The van der Waals surface area contributed by atoms with Crippen LogP contribution in [0.1, 0.15) is 36.6 Å². The molecule has 0 spiro atoms. The normalized spacial score (nSPS) is 13.7. The fourth-order valence-corrected chi connectivity index (χ4v) is 2.21. The predicted octanol–water partition coefficient (Wildman–Crippen LogP) is 3.67. The maximum absolute atomic E-state index is 12.7. The topological polar surface area (TPSA) is 30.5 Å². The molecule has 0 amide bonds. The van der Waals surface area contributed by atoms with Gasteiger partial charge in [0, 0.05) is 13.2 Å². The molecule has 0 aliphatic carbocycles. The van der Waals surface area contributed by atoms with E-state index < -0.39 is 18.0 Å². The Morgan fingerprint density at radius 3 is 2.10 bits per heavy atom. The van der Waals surface area contributed by atoms with Gasteiger partial charge in [0.05, 0.1) is 11.6 Å². The third-order valence-electron chi connectivity index (χ3n) is 3.18. The number of likely N-dealkylation sites (N-methyl/N-ethyl adjacent to an activating group) is 1. The molecule has 3 nitrogen and oxygen atoms in total. The molecule has 0 aliphatic rings. The second kappa shape index (κ2) is 7.77. The molecule has 1 atom stereocenters. The Balaban J connectivity index is 3.10. The molecule has 0 aliphatic heterocycles. The van der Waals surface area contributed by atoms with Crippen molar-refractivity contribution in [2.45, 2.75) is 39.3 Å². The standard InChI is InChI=1S/C15H22F3NO2/c1-5-20-14(21-6-2)13(19-4)12-8-7-11(9-10(12)3)15(16,17)18/h7-9,13-14,19H,5-6H2,1-4H3. The number of nitrogens with one attached hydrogen (secondary N) is 1. The maximum atomic E-state index is 12.7. The molecule has 1 unspecified atom stereocenters. The predicted molar refractivity (Wildman–Crippen MR) is 75.0 cm³/mol. The number of halogens is 3. The largest absolute Gasteiger partial charge is 0.416 e. The Hall–Kier alpha value is -1.11. The van der Waals surface area contributed by atoms with Gasteiger partial charge in [-0.05, 0) is 51.1 Å². The van der Waals surface area contributed by atoms with E-state index in [1.165, 1.54) is 6.07 Å². The van der Waals surface area contributed by atoms with Crippen LogP contribution in [0, 0.1) is 6.92 Å². The quantitative estimate of drug-likeness (QED) is 0.780. The van der Waals surface area contributed by atoms with Gasteiger partial charge >= 0.3 is 6.18 Å². The Morgan fingerprint density at radius 1 is 1.14 bits per heavy atom. The zero-order valence-corrected chi connectivity index (χ0v) is 12.8. The first-order valence-corrected chi connectivity index (χ1v) is 6.93. The van der Waals surface area contributed by atoms with Crippen LogP contribution in [0.25, 0.3) is 0 Å². The molecule has 0 saturated carbocycles. The maximum Gasteiger partial charge on any atom is 0.416 e. The van der Waals surface area contributed by atoms with Gasteiger partial charge in [0.2, 0.25) is 0 Å². The van der Waals surface area contributed by atoms with Crippen molar-refractivity contribution in [2.75, 3.05) is 20.3 Å². The van der Waals surface area contributed by atoms with Crippen molar-refractivity contribution in [1.82, 2.24) is 5.32 Å². The lowest BCUT2D eigenvalue weighted by Gasteiger charge is -2.28. The second-order valence-electron chi connectivity index (χ2n) is 4.61. The van der Waals surface area contributed by atoms with Crippen LogP contribution in [0.15, 0.2) is 18.2 Å². The van der Waals surface area contributed by atoms with Gasteiger partial charge in [-0.2, -0.15) is 13.2 Å². The monoisotopic (exact) mass is 305 g/mol. The lowest BCUT2D eigenvalue weighted by molar-refractivity contribution is -0.154. The minimum Gasteiger partial charge on any atom is -0.351 e. The fourth-order valence-electron chi connectivity index (χ4n) is 2.21. The Kier molecular flexibility index (Phi) is 6.64. The lowest BCUT2D eigenvalue weighted by atomic mass is 9.98. The van der Waals surface area contributed by atoms with Gasteiger partial charge in [0.1, 0.15) is 0 Å². The molecule has 0 aromatic heterocycles. The Bertz CT molecular complexity index is 443. The van der Waals surface area contributed by atoms with E-state index in [4.69, 9.17) is 9.47 Å². The highest BCUT2D eigenvalue weighted by Crippen LogP contribution is 2.32. The first kappa shape index (κ1) is 17.9. The van der Waals surface area contributed by atoms with E-state index in [9.17, 15) is 13.2 Å². The summed E-state index contributed by atoms with van der Waals surface area (Å²) in [5.74, 6) is 0. The van der Waals surface area contributed by atoms with E-state index in [-0.39, 0.29) is 6.04 Å². The highest BCUT2D eigenvalue weighted by atomic mass is 19.4. The van der Waals surface area contributed by atoms with Crippen LogP contribution in [-0.4, -0.2) is 26.6 Å². The van der Waals surface area contributed by atoms with Crippen molar-refractivity contribution >= 4 is 0 Å². The van der Waals surface area contributed by atoms with E-state index in [2.05, 4.69) is 5.32 Å². The van der Waals surface area contributed by atoms with Gasteiger partial charge in [-0.25, -0.2) is 0 Å². The molecule has 21 heavy (non-hydrogen) atoms. The molecule has 6 heteroatoms. The highest BCUT2D eigenvalue weighted by Gasteiger charge is 2.32. The SMILES string of the molecule is CCOC(OCC)C(NC)c1ccc(C(F)(F)F)cc1C. The van der Waals surface area contributed by atoms with Gasteiger partial charge in [-0.3, -0.25) is 0 Å². The molecular weight excluding hydrogens is 283 g/mol. The van der Waals surface area contributed by atoms with Crippen LogP contribution in [0.4, 0.5) is 13.2 Å². The summed E-state index contributed by atoms with van der Waals surface area (Å²) in [6, 6.07) is 3.38. The van der Waals surface area contributed by atoms with Gasteiger partial charge in [-0.1, -0.05) is 6.07 Å². The number of benzene rings is 1. The van der Waals surface area contributed by atoms with Gasteiger partial charge in [0.15, 0.2) is 6.29 Å². The Labute approximate surface area is 123 Å². The number of aryl methyl sites for hydroxylation is 1. The van der Waals surface area contributed by atoms with Gasteiger partial charge < -0.3 is 14.8 Å². The second-order valence-corrected chi connectivity index (χ2v) is 4.61. The smallest absolute Gasteiger partial charge is 0.351 e. The van der Waals surface area contributed by atoms with E-state index in [1.807, 2.05) is 13.8 Å². The average Bonchev–Trinajstić information content (AvgIpc) is 2.40. The summed E-state index contributed by atoms with van der Waals surface area (Å²) in [5, 5.41) is 3.06. The molecule has 0 fully saturated rings. The van der Waals surface area contributed by atoms with Gasteiger partial charge in [-0.15, -0.1) is 0 Å². The number of rotatable bonds is 7. The van der Waals surface area contributed by atoms with Crippen LogP contribution < -0.4 is 5.32 Å². The first-order valence-electron chi connectivity index (χ1n) is 6.93. The van der Waals surface area contributed by atoms with E-state index in [0.29, 0.717) is 18.8 Å².